The number of thiazole rings is 1. The van der Waals surface area contributed by atoms with E-state index in [-0.39, 0.29) is 18.2 Å². The number of hydrogen-bond acceptors (Lipinski definition) is 5. The lowest BCUT2D eigenvalue weighted by molar-refractivity contribution is -0.137. The van der Waals surface area contributed by atoms with Gasteiger partial charge >= 0.3 is 5.97 Å². The number of hydrogen-bond donors (Lipinski definition) is 2. The van der Waals surface area contributed by atoms with Crippen molar-refractivity contribution < 1.29 is 14.7 Å². The summed E-state index contributed by atoms with van der Waals surface area (Å²) in [4.78, 5) is 33.4. The van der Waals surface area contributed by atoms with Crippen molar-refractivity contribution in [2.45, 2.75) is 71.9 Å². The van der Waals surface area contributed by atoms with Crippen molar-refractivity contribution in [1.82, 2.24) is 19.9 Å². The zero-order valence-electron chi connectivity index (χ0n) is 19.2. The molecule has 7 nitrogen and oxygen atoms in total. The third-order valence-electron chi connectivity index (χ3n) is 5.67. The highest BCUT2D eigenvalue weighted by Crippen LogP contribution is 2.28. The van der Waals surface area contributed by atoms with Crippen LogP contribution in [0, 0.1) is 5.92 Å². The lowest BCUT2D eigenvalue weighted by atomic mass is 10.0. The molecule has 1 aromatic carbocycles. The van der Waals surface area contributed by atoms with Gasteiger partial charge in [0.15, 0.2) is 0 Å². The van der Waals surface area contributed by atoms with Crippen molar-refractivity contribution in [3.8, 4) is 0 Å². The summed E-state index contributed by atoms with van der Waals surface area (Å²) in [5.74, 6) is 0.0470. The Balaban J connectivity index is 1.93. The molecule has 0 aliphatic rings. The Morgan fingerprint density at radius 2 is 1.97 bits per heavy atom. The average Bonchev–Trinajstić information content (AvgIpc) is 3.36. The second-order valence-corrected chi connectivity index (χ2v) is 9.34. The van der Waals surface area contributed by atoms with Gasteiger partial charge in [-0.05, 0) is 43.4 Å². The summed E-state index contributed by atoms with van der Waals surface area (Å²) >= 11 is 1.57. The molecule has 3 aromatic rings. The predicted molar refractivity (Wildman–Crippen MR) is 127 cm³/mol. The third-order valence-corrected chi connectivity index (χ3v) is 6.30. The average molecular weight is 457 g/mol. The molecule has 0 spiro atoms. The lowest BCUT2D eigenvalue weighted by Crippen LogP contribution is -2.37. The largest absolute Gasteiger partial charge is 0.481 e. The second-order valence-electron chi connectivity index (χ2n) is 8.63. The number of rotatable bonds is 11. The normalized spacial score (nSPS) is 12.6. The van der Waals surface area contributed by atoms with Gasteiger partial charge in [-0.15, -0.1) is 11.3 Å². The molecule has 2 N–H and O–H groups in total. The summed E-state index contributed by atoms with van der Waals surface area (Å²) in [5.41, 5.74) is 5.08. The number of imidazole rings is 1. The number of carbonyl (C=O) groups excluding carboxylic acids is 1. The van der Waals surface area contributed by atoms with E-state index in [2.05, 4.69) is 28.7 Å². The van der Waals surface area contributed by atoms with Gasteiger partial charge in [-0.25, -0.2) is 9.97 Å². The summed E-state index contributed by atoms with van der Waals surface area (Å²) in [7, 11) is 0. The van der Waals surface area contributed by atoms with Gasteiger partial charge in [-0.1, -0.05) is 27.7 Å². The topological polar surface area (TPSA) is 97.1 Å². The molecule has 8 heteroatoms. The van der Waals surface area contributed by atoms with Gasteiger partial charge in [0, 0.05) is 29.4 Å². The van der Waals surface area contributed by atoms with Crippen molar-refractivity contribution in [2.24, 2.45) is 5.92 Å². The van der Waals surface area contributed by atoms with E-state index in [0.717, 1.165) is 35.4 Å². The highest BCUT2D eigenvalue weighted by molar-refractivity contribution is 7.07. The van der Waals surface area contributed by atoms with Crippen molar-refractivity contribution >= 4 is 34.2 Å². The molecule has 0 saturated heterocycles. The fourth-order valence-electron chi connectivity index (χ4n) is 4.20. The van der Waals surface area contributed by atoms with Crippen LogP contribution in [-0.4, -0.2) is 37.6 Å². The summed E-state index contributed by atoms with van der Waals surface area (Å²) in [6.07, 6.45) is 3.14. The Hall–Kier alpha value is -2.74. The molecule has 0 aliphatic heterocycles. The first-order valence-electron chi connectivity index (χ1n) is 11.2. The third kappa shape index (κ3) is 5.73. The minimum Gasteiger partial charge on any atom is -0.481 e. The molecular formula is C24H32N4O3S. The van der Waals surface area contributed by atoms with Crippen LogP contribution in [0.4, 0.5) is 0 Å². The maximum atomic E-state index is 12.9. The molecule has 172 valence electrons. The van der Waals surface area contributed by atoms with Crippen molar-refractivity contribution in [2.75, 3.05) is 0 Å². The molecule has 0 bridgehead atoms. The molecular weight excluding hydrogens is 424 g/mol. The minimum atomic E-state index is -0.915. The van der Waals surface area contributed by atoms with Crippen LogP contribution >= 0.6 is 11.3 Å². The standard InChI is InChI=1S/C24H32N4O3S/c1-5-19(6-2)28-21-8-7-16(24(31)26-17(9-15(3)4)12-23(29)30)10-20(21)27-22(28)11-18-13-32-14-25-18/h7-8,10,13-15,17,19H,5-6,9,11-12H2,1-4H3,(H,26,31)(H,29,30)/t17-/m0/s1. The fraction of sp³-hybridized carbons (Fsp3) is 0.500. The summed E-state index contributed by atoms with van der Waals surface area (Å²) < 4.78 is 2.28. The zero-order valence-corrected chi connectivity index (χ0v) is 20.0. The molecule has 2 aromatic heterocycles. The van der Waals surface area contributed by atoms with Crippen LogP contribution < -0.4 is 5.32 Å². The monoisotopic (exact) mass is 456 g/mol. The first kappa shape index (κ1) is 23.9. The lowest BCUT2D eigenvalue weighted by Gasteiger charge is -2.19. The van der Waals surface area contributed by atoms with E-state index in [1.807, 2.05) is 30.8 Å². The van der Waals surface area contributed by atoms with Gasteiger partial charge in [0.05, 0.1) is 28.7 Å². The summed E-state index contributed by atoms with van der Waals surface area (Å²) in [5, 5.41) is 14.1. The number of nitrogens with one attached hydrogen (secondary N) is 1. The smallest absolute Gasteiger partial charge is 0.305 e. The first-order valence-corrected chi connectivity index (χ1v) is 12.2. The predicted octanol–water partition coefficient (Wildman–Crippen LogP) is 5.06. The van der Waals surface area contributed by atoms with E-state index in [0.29, 0.717) is 24.4 Å². The number of amides is 1. The molecule has 1 atom stereocenters. The van der Waals surface area contributed by atoms with E-state index in [1.165, 1.54) is 0 Å². The Labute approximate surface area is 192 Å². The quantitative estimate of drug-likeness (QED) is 0.420. The summed E-state index contributed by atoms with van der Waals surface area (Å²) in [6.45, 7) is 8.38. The van der Waals surface area contributed by atoms with E-state index in [9.17, 15) is 14.7 Å². The second kappa shape index (κ2) is 10.7. The van der Waals surface area contributed by atoms with Gasteiger partial charge in [0.2, 0.25) is 0 Å². The van der Waals surface area contributed by atoms with Gasteiger partial charge in [0.1, 0.15) is 5.82 Å². The molecule has 0 saturated carbocycles. The van der Waals surface area contributed by atoms with Crippen LogP contribution in [0.2, 0.25) is 0 Å². The van der Waals surface area contributed by atoms with Crippen LogP contribution in [0.5, 0.6) is 0 Å². The molecule has 2 heterocycles. The number of nitrogens with zero attached hydrogens (tertiary/aromatic N) is 3. The number of aliphatic carboxylic acids is 1. The van der Waals surface area contributed by atoms with E-state index in [1.54, 1.807) is 23.5 Å². The molecule has 1 amide bonds. The Morgan fingerprint density at radius 3 is 2.56 bits per heavy atom. The SMILES string of the molecule is CCC(CC)n1c(Cc2cscn2)nc2cc(C(=O)N[C@H](CC(=O)O)CC(C)C)ccc21. The van der Waals surface area contributed by atoms with Crippen LogP contribution in [0.25, 0.3) is 11.0 Å². The van der Waals surface area contributed by atoms with Gasteiger partial charge in [-0.2, -0.15) is 0 Å². The Morgan fingerprint density at radius 1 is 1.22 bits per heavy atom. The number of carboxylic acids is 1. The fourth-order valence-corrected chi connectivity index (χ4v) is 4.76. The van der Waals surface area contributed by atoms with Crippen molar-refractivity contribution in [3.63, 3.8) is 0 Å². The molecule has 3 rings (SSSR count). The van der Waals surface area contributed by atoms with E-state index >= 15 is 0 Å². The molecule has 32 heavy (non-hydrogen) atoms. The number of carboxylic acid groups (broad SMARTS) is 1. The number of fused-ring (bicyclic) bond motifs is 1. The maximum absolute atomic E-state index is 12.9. The van der Waals surface area contributed by atoms with Crippen molar-refractivity contribution in [1.29, 1.82) is 0 Å². The number of benzene rings is 1. The minimum absolute atomic E-state index is 0.0900. The van der Waals surface area contributed by atoms with Gasteiger partial charge < -0.3 is 15.0 Å². The molecule has 0 fully saturated rings. The van der Waals surface area contributed by atoms with Crippen molar-refractivity contribution in [3.05, 3.63) is 46.2 Å². The van der Waals surface area contributed by atoms with Crippen LogP contribution in [0.1, 0.15) is 81.3 Å². The Bertz CT molecular complexity index is 1050. The zero-order chi connectivity index (χ0) is 23.3. The summed E-state index contributed by atoms with van der Waals surface area (Å²) in [6, 6.07) is 5.48. The van der Waals surface area contributed by atoms with E-state index in [4.69, 9.17) is 4.98 Å². The van der Waals surface area contributed by atoms with Crippen LogP contribution in [0.3, 0.4) is 0 Å². The number of aromatic nitrogens is 3. The maximum Gasteiger partial charge on any atom is 0.305 e. The van der Waals surface area contributed by atoms with E-state index < -0.39 is 12.0 Å². The van der Waals surface area contributed by atoms with Gasteiger partial charge in [-0.3, -0.25) is 9.59 Å². The Kier molecular flexibility index (Phi) is 8.01. The van der Waals surface area contributed by atoms with Crippen LogP contribution in [0.15, 0.2) is 29.1 Å². The molecule has 0 unspecified atom stereocenters. The van der Waals surface area contributed by atoms with Crippen LogP contribution in [-0.2, 0) is 11.2 Å². The molecule has 0 radical (unpaired) electrons. The highest BCUT2D eigenvalue weighted by Gasteiger charge is 2.21. The highest BCUT2D eigenvalue weighted by atomic mass is 32.1. The number of carbonyl (C=O) groups is 2. The molecule has 0 aliphatic carbocycles. The first-order chi connectivity index (χ1) is 15.3. The van der Waals surface area contributed by atoms with Gasteiger partial charge in [0.25, 0.3) is 5.91 Å².